The molecule has 3 aromatic rings. The summed E-state index contributed by atoms with van der Waals surface area (Å²) in [5, 5.41) is 13.8. The number of nitrogens with zero attached hydrogens (tertiary/aromatic N) is 3. The molecular formula is C15H11BrN4O3. The minimum Gasteiger partial charge on any atom is -0.379 e. The molecule has 0 saturated carbocycles. The number of benzene rings is 1. The minimum absolute atomic E-state index is 0.00592. The van der Waals surface area contributed by atoms with Crippen LogP contribution < -0.4 is 10.9 Å². The number of pyridine rings is 1. The van der Waals surface area contributed by atoms with E-state index in [0.717, 1.165) is 4.47 Å². The lowest BCUT2D eigenvalue weighted by Crippen LogP contribution is -2.16. The summed E-state index contributed by atoms with van der Waals surface area (Å²) in [7, 11) is 0. The van der Waals surface area contributed by atoms with Crippen LogP contribution in [0, 0.1) is 10.1 Å². The molecule has 0 aliphatic heterocycles. The number of aromatic nitrogens is 2. The van der Waals surface area contributed by atoms with E-state index in [2.05, 4.69) is 26.2 Å². The van der Waals surface area contributed by atoms with Gasteiger partial charge in [0, 0.05) is 34.6 Å². The summed E-state index contributed by atoms with van der Waals surface area (Å²) in [5.74, 6) is 0. The summed E-state index contributed by atoms with van der Waals surface area (Å²) < 4.78 is 2.23. The standard InChI is InChI=1S/C15H11BrN4O3/c16-10-4-5-14-18-12(7-15(21)19(14)9-10)8-17-11-2-1-3-13(6-11)20(22)23/h1-7,9,17H,8H2. The molecule has 2 heterocycles. The number of nitro benzene ring substituents is 1. The molecule has 0 aliphatic carbocycles. The van der Waals surface area contributed by atoms with Gasteiger partial charge < -0.3 is 5.32 Å². The molecule has 3 rings (SSSR count). The fourth-order valence-corrected chi connectivity index (χ4v) is 2.48. The van der Waals surface area contributed by atoms with Crippen LogP contribution in [0.15, 0.2) is 57.9 Å². The van der Waals surface area contributed by atoms with Gasteiger partial charge in [-0.2, -0.15) is 0 Å². The van der Waals surface area contributed by atoms with Crippen LogP contribution >= 0.6 is 15.9 Å². The molecule has 2 aromatic heterocycles. The van der Waals surface area contributed by atoms with Crippen molar-refractivity contribution in [3.05, 3.63) is 79.3 Å². The highest BCUT2D eigenvalue weighted by molar-refractivity contribution is 9.10. The molecule has 0 unspecified atom stereocenters. The molecule has 0 spiro atoms. The van der Waals surface area contributed by atoms with Crippen LogP contribution in [0.4, 0.5) is 11.4 Å². The summed E-state index contributed by atoms with van der Waals surface area (Å²) in [6.07, 6.45) is 1.66. The molecular weight excluding hydrogens is 364 g/mol. The normalized spacial score (nSPS) is 10.7. The van der Waals surface area contributed by atoms with Crippen molar-refractivity contribution < 1.29 is 4.92 Å². The molecule has 23 heavy (non-hydrogen) atoms. The first-order chi connectivity index (χ1) is 11.0. The van der Waals surface area contributed by atoms with Crippen molar-refractivity contribution in [1.29, 1.82) is 0 Å². The fourth-order valence-electron chi connectivity index (χ4n) is 2.14. The van der Waals surface area contributed by atoms with Crippen molar-refractivity contribution in [3.63, 3.8) is 0 Å². The van der Waals surface area contributed by atoms with E-state index in [-0.39, 0.29) is 11.2 Å². The molecule has 0 amide bonds. The van der Waals surface area contributed by atoms with Gasteiger partial charge in [-0.05, 0) is 34.1 Å². The number of rotatable bonds is 4. The van der Waals surface area contributed by atoms with E-state index in [1.54, 1.807) is 30.5 Å². The Hall–Kier alpha value is -2.74. The lowest BCUT2D eigenvalue weighted by atomic mass is 10.2. The third-order valence-electron chi connectivity index (χ3n) is 3.21. The number of non-ortho nitro benzene ring substituents is 1. The Kier molecular flexibility index (Phi) is 4.07. The van der Waals surface area contributed by atoms with Crippen LogP contribution in [0.25, 0.3) is 5.65 Å². The van der Waals surface area contributed by atoms with E-state index < -0.39 is 4.92 Å². The van der Waals surface area contributed by atoms with E-state index in [1.165, 1.54) is 22.6 Å². The first-order valence-electron chi connectivity index (χ1n) is 6.69. The molecule has 7 nitrogen and oxygen atoms in total. The van der Waals surface area contributed by atoms with E-state index in [1.807, 2.05) is 0 Å². The topological polar surface area (TPSA) is 89.5 Å². The van der Waals surface area contributed by atoms with Crippen LogP contribution in [-0.2, 0) is 6.54 Å². The monoisotopic (exact) mass is 374 g/mol. The number of nitrogens with one attached hydrogen (secondary N) is 1. The lowest BCUT2D eigenvalue weighted by Gasteiger charge is -2.07. The number of hydrogen-bond donors (Lipinski definition) is 1. The Morgan fingerprint density at radius 2 is 2.09 bits per heavy atom. The number of halogens is 1. The first kappa shape index (κ1) is 15.2. The molecule has 116 valence electrons. The van der Waals surface area contributed by atoms with E-state index >= 15 is 0 Å². The molecule has 8 heteroatoms. The largest absolute Gasteiger partial charge is 0.379 e. The second kappa shape index (κ2) is 6.17. The van der Waals surface area contributed by atoms with Gasteiger partial charge in [0.2, 0.25) is 0 Å². The van der Waals surface area contributed by atoms with E-state index in [4.69, 9.17) is 0 Å². The van der Waals surface area contributed by atoms with Gasteiger partial charge in [0.1, 0.15) is 5.65 Å². The smallest absolute Gasteiger partial charge is 0.271 e. The van der Waals surface area contributed by atoms with Crippen molar-refractivity contribution in [1.82, 2.24) is 9.38 Å². The fraction of sp³-hybridized carbons (Fsp3) is 0.0667. The van der Waals surface area contributed by atoms with Crippen molar-refractivity contribution in [2.24, 2.45) is 0 Å². The Balaban J connectivity index is 1.85. The quantitative estimate of drug-likeness (QED) is 0.559. The number of nitro groups is 1. The molecule has 0 fully saturated rings. The van der Waals surface area contributed by atoms with E-state index in [9.17, 15) is 14.9 Å². The maximum atomic E-state index is 12.1. The minimum atomic E-state index is -0.455. The van der Waals surface area contributed by atoms with Crippen molar-refractivity contribution in [3.8, 4) is 0 Å². The predicted molar refractivity (Wildman–Crippen MR) is 89.6 cm³/mol. The second-order valence-corrected chi connectivity index (χ2v) is 5.74. The van der Waals surface area contributed by atoms with Gasteiger partial charge in [-0.25, -0.2) is 4.98 Å². The van der Waals surface area contributed by atoms with Gasteiger partial charge in [0.25, 0.3) is 11.2 Å². The molecule has 1 aromatic carbocycles. The zero-order chi connectivity index (χ0) is 16.4. The summed E-state index contributed by atoms with van der Waals surface area (Å²) in [4.78, 5) is 26.8. The van der Waals surface area contributed by atoms with Gasteiger partial charge in [0.15, 0.2) is 0 Å². The Bertz CT molecular complexity index is 955. The maximum Gasteiger partial charge on any atom is 0.271 e. The summed E-state index contributed by atoms with van der Waals surface area (Å²) >= 11 is 3.31. The lowest BCUT2D eigenvalue weighted by molar-refractivity contribution is -0.384. The van der Waals surface area contributed by atoms with Gasteiger partial charge in [0.05, 0.1) is 17.2 Å². The Labute approximate surface area is 138 Å². The Morgan fingerprint density at radius 1 is 1.26 bits per heavy atom. The third-order valence-corrected chi connectivity index (χ3v) is 3.68. The second-order valence-electron chi connectivity index (χ2n) is 4.82. The highest BCUT2D eigenvalue weighted by atomic mass is 79.9. The highest BCUT2D eigenvalue weighted by Gasteiger charge is 2.07. The number of anilines is 1. The summed E-state index contributed by atoms with van der Waals surface area (Å²) in [6.45, 7) is 0.295. The number of fused-ring (bicyclic) bond motifs is 1. The van der Waals surface area contributed by atoms with Crippen molar-refractivity contribution >= 4 is 33.0 Å². The van der Waals surface area contributed by atoms with Crippen molar-refractivity contribution in [2.45, 2.75) is 6.54 Å². The molecule has 1 N–H and O–H groups in total. The van der Waals surface area contributed by atoms with Crippen LogP contribution in [0.1, 0.15) is 5.69 Å². The van der Waals surface area contributed by atoms with Gasteiger partial charge in [-0.3, -0.25) is 19.3 Å². The van der Waals surface area contributed by atoms with Gasteiger partial charge >= 0.3 is 0 Å². The maximum absolute atomic E-state index is 12.1. The highest BCUT2D eigenvalue weighted by Crippen LogP contribution is 2.17. The predicted octanol–water partition coefficient (Wildman–Crippen LogP) is 2.98. The molecule has 0 radical (unpaired) electrons. The van der Waals surface area contributed by atoms with Crippen LogP contribution in [0.3, 0.4) is 0 Å². The number of hydrogen-bond acceptors (Lipinski definition) is 5. The average Bonchev–Trinajstić information content (AvgIpc) is 2.54. The summed E-state index contributed by atoms with van der Waals surface area (Å²) in [6, 6.07) is 11.2. The average molecular weight is 375 g/mol. The van der Waals surface area contributed by atoms with Gasteiger partial charge in [-0.1, -0.05) is 6.07 Å². The summed E-state index contributed by atoms with van der Waals surface area (Å²) in [5.41, 5.74) is 1.51. The van der Waals surface area contributed by atoms with E-state index in [0.29, 0.717) is 23.6 Å². The van der Waals surface area contributed by atoms with Crippen LogP contribution in [0.2, 0.25) is 0 Å². The SMILES string of the molecule is O=c1cc(CNc2cccc([N+](=O)[O-])c2)nc2ccc(Br)cn12. The van der Waals surface area contributed by atoms with Crippen LogP contribution in [-0.4, -0.2) is 14.3 Å². The molecule has 0 bridgehead atoms. The van der Waals surface area contributed by atoms with Crippen molar-refractivity contribution in [2.75, 3.05) is 5.32 Å². The van der Waals surface area contributed by atoms with Gasteiger partial charge in [-0.15, -0.1) is 0 Å². The first-order valence-corrected chi connectivity index (χ1v) is 7.48. The zero-order valence-corrected chi connectivity index (χ0v) is 13.4. The third kappa shape index (κ3) is 3.37. The molecule has 0 saturated heterocycles. The Morgan fingerprint density at radius 3 is 2.87 bits per heavy atom. The molecule has 0 aliphatic rings. The molecule has 0 atom stereocenters. The zero-order valence-electron chi connectivity index (χ0n) is 11.8. The van der Waals surface area contributed by atoms with Crippen LogP contribution in [0.5, 0.6) is 0 Å².